The van der Waals surface area contributed by atoms with E-state index in [2.05, 4.69) is 27.6 Å². The molecule has 1 N–H and O–H groups in total. The first-order chi connectivity index (χ1) is 9.85. The minimum atomic E-state index is 0.698. The Morgan fingerprint density at radius 2 is 2.30 bits per heavy atom. The van der Waals surface area contributed by atoms with E-state index in [0.29, 0.717) is 6.04 Å². The summed E-state index contributed by atoms with van der Waals surface area (Å²) in [6, 6.07) is 0.698. The van der Waals surface area contributed by atoms with E-state index in [1.54, 1.807) is 11.3 Å². The minimum Gasteiger partial charge on any atom is -0.308 e. The van der Waals surface area contributed by atoms with Crippen molar-refractivity contribution in [1.82, 2.24) is 14.7 Å². The van der Waals surface area contributed by atoms with Crippen LogP contribution in [-0.4, -0.2) is 26.9 Å². The summed E-state index contributed by atoms with van der Waals surface area (Å²) in [6.07, 6.45) is 11.1. The highest BCUT2D eigenvalue weighted by Gasteiger charge is 2.31. The third-order valence-corrected chi connectivity index (χ3v) is 6.48. The van der Waals surface area contributed by atoms with E-state index < -0.39 is 0 Å². The van der Waals surface area contributed by atoms with Crippen LogP contribution in [0, 0.1) is 0 Å². The molecule has 2 saturated carbocycles. The maximum atomic E-state index is 4.85. The molecule has 0 unspecified atom stereocenters. The van der Waals surface area contributed by atoms with Crippen molar-refractivity contribution >= 4 is 28.1 Å². The molecule has 5 heteroatoms. The number of aromatic nitrogens is 2. The number of thioether (sulfide) groups is 1. The van der Waals surface area contributed by atoms with E-state index in [1.165, 1.54) is 43.5 Å². The average molecular weight is 307 g/mol. The summed E-state index contributed by atoms with van der Waals surface area (Å²) in [5, 5.41) is 6.79. The number of fused-ring (bicyclic) bond motifs is 1. The van der Waals surface area contributed by atoms with E-state index in [0.717, 1.165) is 22.7 Å². The van der Waals surface area contributed by atoms with Gasteiger partial charge in [-0.15, -0.1) is 11.3 Å². The van der Waals surface area contributed by atoms with Crippen molar-refractivity contribution in [3.63, 3.8) is 0 Å². The van der Waals surface area contributed by atoms with Crippen molar-refractivity contribution in [3.8, 4) is 0 Å². The molecule has 0 radical (unpaired) electrons. The molecule has 3 nitrogen and oxygen atoms in total. The minimum absolute atomic E-state index is 0.698. The number of thiazole rings is 1. The molecular formula is C15H21N3S2. The van der Waals surface area contributed by atoms with Crippen molar-refractivity contribution in [2.24, 2.45) is 0 Å². The van der Waals surface area contributed by atoms with Gasteiger partial charge in [0.15, 0.2) is 4.96 Å². The van der Waals surface area contributed by atoms with E-state index in [9.17, 15) is 0 Å². The van der Waals surface area contributed by atoms with Crippen LogP contribution in [0.3, 0.4) is 0 Å². The van der Waals surface area contributed by atoms with Crippen molar-refractivity contribution in [1.29, 1.82) is 0 Å². The van der Waals surface area contributed by atoms with Crippen LogP contribution >= 0.6 is 23.1 Å². The Labute approximate surface area is 128 Å². The lowest BCUT2D eigenvalue weighted by Gasteiger charge is -2.13. The highest BCUT2D eigenvalue weighted by Crippen LogP contribution is 2.42. The fraction of sp³-hybridized carbons (Fsp3) is 0.667. The van der Waals surface area contributed by atoms with E-state index in [-0.39, 0.29) is 0 Å². The Hall–Kier alpha value is -0.520. The number of rotatable bonds is 5. The molecule has 2 heterocycles. The second-order valence-electron chi connectivity index (χ2n) is 6.02. The average Bonchev–Trinajstić information content (AvgIpc) is 2.89. The normalized spacial score (nSPS) is 26.6. The number of imidazole rings is 1. The number of nitrogens with zero attached hydrogens (tertiary/aromatic N) is 2. The molecule has 0 aromatic carbocycles. The van der Waals surface area contributed by atoms with Gasteiger partial charge in [-0.2, -0.15) is 11.8 Å². The molecule has 0 bridgehead atoms. The Bertz CT molecular complexity index is 599. The highest BCUT2D eigenvalue weighted by atomic mass is 32.2. The first kappa shape index (κ1) is 13.2. The van der Waals surface area contributed by atoms with Gasteiger partial charge in [0.25, 0.3) is 0 Å². The second kappa shape index (κ2) is 5.35. The topological polar surface area (TPSA) is 29.3 Å². The summed E-state index contributed by atoms with van der Waals surface area (Å²) in [5.41, 5.74) is 2.78. The molecule has 2 aliphatic carbocycles. The van der Waals surface area contributed by atoms with Crippen molar-refractivity contribution in [2.45, 2.75) is 55.9 Å². The van der Waals surface area contributed by atoms with Crippen LogP contribution < -0.4 is 5.32 Å². The molecule has 2 aliphatic rings. The molecule has 2 atom stereocenters. The standard InChI is InChI=1S/C15H21N3S2/c1-19-12-5-4-11(8-12)16-9-13-14(10-2-3-10)17-15-18(13)6-7-20-15/h6-7,10-12,16H,2-5,8-9H2,1H3/t11-,12+/m1/s1. The van der Waals surface area contributed by atoms with Crippen LogP contribution in [0.4, 0.5) is 0 Å². The lowest BCUT2D eigenvalue weighted by Crippen LogP contribution is -2.27. The first-order valence-electron chi connectivity index (χ1n) is 7.55. The molecule has 4 rings (SSSR count). The van der Waals surface area contributed by atoms with Gasteiger partial charge in [-0.25, -0.2) is 4.98 Å². The van der Waals surface area contributed by atoms with Crippen LogP contribution in [0.5, 0.6) is 0 Å². The summed E-state index contributed by atoms with van der Waals surface area (Å²) in [5.74, 6) is 0.737. The number of hydrogen-bond donors (Lipinski definition) is 1. The van der Waals surface area contributed by atoms with E-state index >= 15 is 0 Å². The van der Waals surface area contributed by atoms with Gasteiger partial charge in [0.1, 0.15) is 0 Å². The fourth-order valence-electron chi connectivity index (χ4n) is 3.29. The first-order valence-corrected chi connectivity index (χ1v) is 9.72. The van der Waals surface area contributed by atoms with E-state index in [1.807, 2.05) is 11.8 Å². The fourth-order valence-corrected chi connectivity index (χ4v) is 4.83. The molecule has 0 aliphatic heterocycles. The van der Waals surface area contributed by atoms with Gasteiger partial charge >= 0.3 is 0 Å². The van der Waals surface area contributed by atoms with Crippen molar-refractivity contribution in [3.05, 3.63) is 23.0 Å². The Morgan fingerprint density at radius 3 is 3.05 bits per heavy atom. The molecule has 2 aromatic rings. The van der Waals surface area contributed by atoms with Gasteiger partial charge in [-0.05, 0) is 38.4 Å². The summed E-state index contributed by atoms with van der Waals surface area (Å²) in [4.78, 5) is 6.01. The zero-order chi connectivity index (χ0) is 13.5. The third-order valence-electron chi connectivity index (χ3n) is 4.63. The maximum Gasteiger partial charge on any atom is 0.194 e. The predicted molar refractivity (Wildman–Crippen MR) is 86.8 cm³/mol. The van der Waals surface area contributed by atoms with Gasteiger partial charge in [0.05, 0.1) is 11.4 Å². The highest BCUT2D eigenvalue weighted by molar-refractivity contribution is 7.99. The molecular weight excluding hydrogens is 286 g/mol. The van der Waals surface area contributed by atoms with Crippen molar-refractivity contribution in [2.75, 3.05) is 6.26 Å². The van der Waals surface area contributed by atoms with Gasteiger partial charge < -0.3 is 5.32 Å². The molecule has 2 aromatic heterocycles. The molecule has 20 heavy (non-hydrogen) atoms. The quantitative estimate of drug-likeness (QED) is 0.914. The zero-order valence-electron chi connectivity index (χ0n) is 11.8. The smallest absolute Gasteiger partial charge is 0.194 e. The van der Waals surface area contributed by atoms with Gasteiger partial charge in [-0.3, -0.25) is 4.40 Å². The lowest BCUT2D eigenvalue weighted by atomic mass is 10.2. The SMILES string of the molecule is CS[C@H]1CC[C@@H](NCc2c(C3CC3)nc3sccn23)C1. The van der Waals surface area contributed by atoms with Gasteiger partial charge in [0, 0.05) is 35.3 Å². The van der Waals surface area contributed by atoms with Crippen molar-refractivity contribution < 1.29 is 0 Å². The second-order valence-corrected chi connectivity index (χ2v) is 8.03. The Kier molecular flexibility index (Phi) is 3.52. The van der Waals surface area contributed by atoms with Crippen LogP contribution in [0.25, 0.3) is 4.96 Å². The third kappa shape index (κ3) is 2.40. The number of nitrogens with one attached hydrogen (secondary N) is 1. The van der Waals surface area contributed by atoms with E-state index in [4.69, 9.17) is 4.98 Å². The van der Waals surface area contributed by atoms with Gasteiger partial charge in [0.2, 0.25) is 0 Å². The molecule has 0 saturated heterocycles. The summed E-state index contributed by atoms with van der Waals surface area (Å²) >= 11 is 3.78. The number of hydrogen-bond acceptors (Lipinski definition) is 4. The maximum absolute atomic E-state index is 4.85. The van der Waals surface area contributed by atoms with Crippen LogP contribution in [0.15, 0.2) is 11.6 Å². The Balaban J connectivity index is 1.50. The molecule has 0 spiro atoms. The van der Waals surface area contributed by atoms with Crippen LogP contribution in [-0.2, 0) is 6.54 Å². The summed E-state index contributed by atoms with van der Waals surface area (Å²) in [7, 11) is 0. The largest absolute Gasteiger partial charge is 0.308 e. The monoisotopic (exact) mass is 307 g/mol. The van der Waals surface area contributed by atoms with Gasteiger partial charge in [-0.1, -0.05) is 0 Å². The molecule has 108 valence electrons. The van der Waals surface area contributed by atoms with Crippen LogP contribution in [0.1, 0.15) is 49.4 Å². The predicted octanol–water partition coefficient (Wildman–Crippen LogP) is 3.65. The summed E-state index contributed by atoms with van der Waals surface area (Å²) < 4.78 is 2.30. The molecule has 0 amide bonds. The lowest BCUT2D eigenvalue weighted by molar-refractivity contribution is 0.517. The van der Waals surface area contributed by atoms with Crippen LogP contribution in [0.2, 0.25) is 0 Å². The Morgan fingerprint density at radius 1 is 1.40 bits per heavy atom. The zero-order valence-corrected chi connectivity index (χ0v) is 13.5. The molecule has 2 fully saturated rings. The summed E-state index contributed by atoms with van der Waals surface area (Å²) in [6.45, 7) is 0.982.